The van der Waals surface area contributed by atoms with Crippen LogP contribution in [0.2, 0.25) is 0 Å². The van der Waals surface area contributed by atoms with Gasteiger partial charge in [0.1, 0.15) is 6.04 Å². The number of likely N-dealkylation sites (N-methyl/N-ethyl adjacent to an activating group) is 1. The lowest BCUT2D eigenvalue weighted by Crippen LogP contribution is -2.53. The molecule has 120 valence electrons. The van der Waals surface area contributed by atoms with Crippen LogP contribution in [0, 0.1) is 11.8 Å². The average molecular weight is 297 g/mol. The fourth-order valence-corrected chi connectivity index (χ4v) is 3.38. The third-order valence-electron chi connectivity index (χ3n) is 5.29. The van der Waals surface area contributed by atoms with Crippen LogP contribution in [-0.2, 0) is 4.79 Å². The zero-order valence-corrected chi connectivity index (χ0v) is 13.4. The van der Waals surface area contributed by atoms with E-state index in [1.54, 1.807) is 0 Å². The molecule has 2 aliphatic rings. The lowest BCUT2D eigenvalue weighted by atomic mass is 9.94. The number of carboxylic acid groups (broad SMARTS) is 1. The van der Waals surface area contributed by atoms with Crippen LogP contribution in [0.1, 0.15) is 33.1 Å². The maximum atomic E-state index is 12.4. The summed E-state index contributed by atoms with van der Waals surface area (Å²) in [7, 11) is 3.93. The number of hydrogen-bond acceptors (Lipinski definition) is 3. The average Bonchev–Trinajstić information content (AvgIpc) is 2.94. The largest absolute Gasteiger partial charge is 0.480 e. The number of urea groups is 1. The molecule has 0 radical (unpaired) electrons. The Labute approximate surface area is 126 Å². The molecular weight excluding hydrogens is 270 g/mol. The van der Waals surface area contributed by atoms with Crippen molar-refractivity contribution in [2.24, 2.45) is 11.8 Å². The van der Waals surface area contributed by atoms with Crippen molar-refractivity contribution < 1.29 is 14.7 Å². The SMILES string of the molecule is CN(C)C(C)(C)CNC(=O)N1CC2CCCC2C1C(=O)O. The predicted molar refractivity (Wildman–Crippen MR) is 80.1 cm³/mol. The molecule has 1 heterocycles. The summed E-state index contributed by atoms with van der Waals surface area (Å²) in [6.45, 7) is 5.16. The number of likely N-dealkylation sites (tertiary alicyclic amines) is 1. The summed E-state index contributed by atoms with van der Waals surface area (Å²) in [6.07, 6.45) is 3.05. The fraction of sp³-hybridized carbons (Fsp3) is 0.867. The molecule has 2 N–H and O–H groups in total. The molecule has 1 aliphatic heterocycles. The van der Waals surface area contributed by atoms with Gasteiger partial charge in [0.15, 0.2) is 0 Å². The van der Waals surface area contributed by atoms with E-state index in [4.69, 9.17) is 0 Å². The summed E-state index contributed by atoms with van der Waals surface area (Å²) in [5, 5.41) is 12.4. The Morgan fingerprint density at radius 2 is 2.00 bits per heavy atom. The van der Waals surface area contributed by atoms with Gasteiger partial charge in [0, 0.05) is 18.6 Å². The number of rotatable bonds is 4. The first-order valence-electron chi connectivity index (χ1n) is 7.69. The number of amides is 2. The molecule has 2 rings (SSSR count). The second-order valence-corrected chi connectivity index (χ2v) is 7.16. The summed E-state index contributed by atoms with van der Waals surface area (Å²) in [5.74, 6) is -0.375. The van der Waals surface area contributed by atoms with Crippen LogP contribution < -0.4 is 5.32 Å². The number of carbonyl (C=O) groups is 2. The van der Waals surface area contributed by atoms with Gasteiger partial charge in [-0.05, 0) is 52.6 Å². The first-order valence-corrected chi connectivity index (χ1v) is 7.69. The smallest absolute Gasteiger partial charge is 0.326 e. The van der Waals surface area contributed by atoms with Gasteiger partial charge in [-0.3, -0.25) is 0 Å². The van der Waals surface area contributed by atoms with Gasteiger partial charge in [0.2, 0.25) is 0 Å². The topological polar surface area (TPSA) is 72.9 Å². The van der Waals surface area contributed by atoms with Crippen molar-refractivity contribution in [2.75, 3.05) is 27.2 Å². The maximum absolute atomic E-state index is 12.4. The second-order valence-electron chi connectivity index (χ2n) is 7.16. The van der Waals surface area contributed by atoms with E-state index >= 15 is 0 Å². The summed E-state index contributed by atoms with van der Waals surface area (Å²) in [5.41, 5.74) is -0.163. The highest BCUT2D eigenvalue weighted by Crippen LogP contribution is 2.42. The molecule has 0 aromatic carbocycles. The number of carboxylic acids is 1. The first kappa shape index (κ1) is 16.1. The second kappa shape index (κ2) is 5.83. The number of nitrogens with one attached hydrogen (secondary N) is 1. The zero-order chi connectivity index (χ0) is 15.8. The minimum atomic E-state index is -0.869. The highest BCUT2D eigenvalue weighted by Gasteiger charge is 2.49. The Morgan fingerprint density at radius 3 is 2.57 bits per heavy atom. The van der Waals surface area contributed by atoms with Crippen molar-refractivity contribution in [2.45, 2.75) is 44.7 Å². The minimum Gasteiger partial charge on any atom is -0.480 e. The number of carbonyl (C=O) groups excluding carboxylic acids is 1. The van der Waals surface area contributed by atoms with Gasteiger partial charge in [-0.25, -0.2) is 9.59 Å². The van der Waals surface area contributed by atoms with Crippen molar-refractivity contribution in [3.05, 3.63) is 0 Å². The van der Waals surface area contributed by atoms with Gasteiger partial charge in [-0.2, -0.15) is 0 Å². The van der Waals surface area contributed by atoms with Crippen molar-refractivity contribution in [3.8, 4) is 0 Å². The maximum Gasteiger partial charge on any atom is 0.326 e. The molecule has 6 heteroatoms. The molecule has 6 nitrogen and oxygen atoms in total. The molecule has 1 saturated heterocycles. The first-order chi connectivity index (χ1) is 9.74. The van der Waals surface area contributed by atoms with Crippen molar-refractivity contribution in [3.63, 3.8) is 0 Å². The van der Waals surface area contributed by atoms with Crippen LogP contribution in [0.3, 0.4) is 0 Å². The van der Waals surface area contributed by atoms with E-state index in [1.165, 1.54) is 4.90 Å². The Morgan fingerprint density at radius 1 is 1.33 bits per heavy atom. The summed E-state index contributed by atoms with van der Waals surface area (Å²) in [6, 6.07) is -0.897. The molecule has 0 bridgehead atoms. The van der Waals surface area contributed by atoms with Gasteiger partial charge in [0.05, 0.1) is 0 Å². The molecule has 21 heavy (non-hydrogen) atoms. The molecule has 0 aromatic heterocycles. The predicted octanol–water partition coefficient (Wildman–Crippen LogP) is 1.22. The van der Waals surface area contributed by atoms with Crippen LogP contribution in [0.4, 0.5) is 4.79 Å². The highest BCUT2D eigenvalue weighted by atomic mass is 16.4. The summed E-state index contributed by atoms with van der Waals surface area (Å²) in [4.78, 5) is 27.5. The Hall–Kier alpha value is -1.30. The van der Waals surface area contributed by atoms with Gasteiger partial charge in [0.25, 0.3) is 0 Å². The Kier molecular flexibility index (Phi) is 4.46. The standard InChI is InChI=1S/C15H27N3O3/c1-15(2,17(3)4)9-16-14(21)18-8-10-6-5-7-11(10)12(18)13(19)20/h10-12H,5-9H2,1-4H3,(H,16,21)(H,19,20). The van der Waals surface area contributed by atoms with Crippen molar-refractivity contribution >= 4 is 12.0 Å². The van der Waals surface area contributed by atoms with E-state index < -0.39 is 12.0 Å². The zero-order valence-electron chi connectivity index (χ0n) is 13.4. The number of nitrogens with zero attached hydrogens (tertiary/aromatic N) is 2. The number of fused-ring (bicyclic) bond motifs is 1. The fourth-order valence-electron chi connectivity index (χ4n) is 3.38. The Bertz CT molecular complexity index is 422. The third kappa shape index (κ3) is 3.15. The van der Waals surface area contributed by atoms with Crippen molar-refractivity contribution in [1.82, 2.24) is 15.1 Å². The lowest BCUT2D eigenvalue weighted by Gasteiger charge is -2.34. The Balaban J connectivity index is 2.00. The van der Waals surface area contributed by atoms with Crippen LogP contribution in [-0.4, -0.2) is 65.7 Å². The molecule has 3 unspecified atom stereocenters. The monoisotopic (exact) mass is 297 g/mol. The molecule has 2 amide bonds. The van der Waals surface area contributed by atoms with Crippen molar-refractivity contribution in [1.29, 1.82) is 0 Å². The molecule has 3 atom stereocenters. The van der Waals surface area contributed by atoms with E-state index in [1.807, 2.05) is 32.8 Å². The summed E-state index contributed by atoms with van der Waals surface area (Å²) < 4.78 is 0. The molecular formula is C15H27N3O3. The lowest BCUT2D eigenvalue weighted by molar-refractivity contribution is -0.142. The van der Waals surface area contributed by atoms with Gasteiger partial charge >= 0.3 is 12.0 Å². The normalized spacial score (nSPS) is 28.8. The van der Waals surface area contributed by atoms with E-state index in [9.17, 15) is 14.7 Å². The van der Waals surface area contributed by atoms with Gasteiger partial charge < -0.3 is 20.2 Å². The molecule has 0 aromatic rings. The van der Waals surface area contributed by atoms with Crippen LogP contribution in [0.15, 0.2) is 0 Å². The minimum absolute atomic E-state index is 0.134. The van der Waals surface area contributed by atoms with Gasteiger partial charge in [-0.15, -0.1) is 0 Å². The molecule has 0 spiro atoms. The number of hydrogen-bond donors (Lipinski definition) is 2. The summed E-state index contributed by atoms with van der Waals surface area (Å²) >= 11 is 0. The quantitative estimate of drug-likeness (QED) is 0.818. The molecule has 1 aliphatic carbocycles. The van der Waals surface area contributed by atoms with Crippen LogP contribution >= 0.6 is 0 Å². The molecule has 1 saturated carbocycles. The van der Waals surface area contributed by atoms with E-state index in [-0.39, 0.29) is 17.5 Å². The molecule has 2 fully saturated rings. The van der Waals surface area contributed by atoms with Gasteiger partial charge in [-0.1, -0.05) is 6.42 Å². The van der Waals surface area contributed by atoms with Crippen LogP contribution in [0.25, 0.3) is 0 Å². The number of aliphatic carboxylic acids is 1. The van der Waals surface area contributed by atoms with E-state index in [2.05, 4.69) is 5.32 Å². The van der Waals surface area contributed by atoms with E-state index in [0.29, 0.717) is 19.0 Å². The van der Waals surface area contributed by atoms with Crippen LogP contribution in [0.5, 0.6) is 0 Å². The van der Waals surface area contributed by atoms with E-state index in [0.717, 1.165) is 19.3 Å². The third-order valence-corrected chi connectivity index (χ3v) is 5.29. The highest BCUT2D eigenvalue weighted by molar-refractivity contribution is 5.83.